The Hall–Kier alpha value is -3.09. The summed E-state index contributed by atoms with van der Waals surface area (Å²) < 4.78 is 38.1. The fourth-order valence-corrected chi connectivity index (χ4v) is 2.26. The van der Waals surface area contributed by atoms with E-state index < -0.39 is 17.8 Å². The first-order valence-electron chi connectivity index (χ1n) is 7.02. The number of halogens is 3. The molecule has 1 aromatic heterocycles. The highest BCUT2D eigenvalue weighted by Gasteiger charge is 2.30. The van der Waals surface area contributed by atoms with Crippen LogP contribution in [0.5, 0.6) is 0 Å². The number of alkyl halides is 3. The number of nitrogens with zero attached hydrogens (tertiary/aromatic N) is 1. The third kappa shape index (κ3) is 3.45. The largest absolute Gasteiger partial charge is 0.416 e. The number of hydrogen-bond acceptors (Lipinski definition) is 2. The molecule has 0 aliphatic carbocycles. The second-order valence-electron chi connectivity index (χ2n) is 5.04. The lowest BCUT2D eigenvalue weighted by Gasteiger charge is -2.11. The summed E-state index contributed by atoms with van der Waals surface area (Å²) in [5, 5.41) is 5.83. The average molecular weight is 331 g/mol. The van der Waals surface area contributed by atoms with Crippen molar-refractivity contribution in [1.29, 1.82) is 0 Å². The maximum atomic E-state index is 12.7. The first-order chi connectivity index (χ1) is 11.4. The maximum Gasteiger partial charge on any atom is 0.416 e. The summed E-state index contributed by atoms with van der Waals surface area (Å²) >= 11 is 0. The Balaban J connectivity index is 1.78. The smallest absolute Gasteiger partial charge is 0.308 e. The van der Waals surface area contributed by atoms with Crippen LogP contribution in [0.3, 0.4) is 0 Å². The zero-order valence-electron chi connectivity index (χ0n) is 12.3. The van der Waals surface area contributed by atoms with E-state index >= 15 is 0 Å². The molecule has 24 heavy (non-hydrogen) atoms. The molecule has 0 saturated heterocycles. The van der Waals surface area contributed by atoms with E-state index in [1.807, 2.05) is 12.1 Å². The Morgan fingerprint density at radius 3 is 2.50 bits per heavy atom. The van der Waals surface area contributed by atoms with Gasteiger partial charge in [0.15, 0.2) is 0 Å². The summed E-state index contributed by atoms with van der Waals surface area (Å²) in [5.74, 6) is 0. The van der Waals surface area contributed by atoms with E-state index in [0.29, 0.717) is 11.2 Å². The number of amides is 2. The molecule has 0 unspecified atom stereocenters. The molecule has 2 amide bonds. The van der Waals surface area contributed by atoms with Gasteiger partial charge in [0.2, 0.25) is 0 Å². The third-order valence-electron chi connectivity index (χ3n) is 3.33. The molecular weight excluding hydrogens is 319 g/mol. The monoisotopic (exact) mass is 331 g/mol. The first-order valence-corrected chi connectivity index (χ1v) is 7.02. The minimum absolute atomic E-state index is 0.0514. The number of carbonyl (C=O) groups is 1. The van der Waals surface area contributed by atoms with Crippen LogP contribution in [0.1, 0.15) is 5.56 Å². The zero-order valence-corrected chi connectivity index (χ0v) is 12.3. The first kappa shape index (κ1) is 15.8. The van der Waals surface area contributed by atoms with Gasteiger partial charge >= 0.3 is 12.2 Å². The van der Waals surface area contributed by atoms with Crippen LogP contribution in [0.25, 0.3) is 10.9 Å². The predicted molar refractivity (Wildman–Crippen MR) is 85.8 cm³/mol. The van der Waals surface area contributed by atoms with Crippen molar-refractivity contribution in [3.8, 4) is 0 Å². The molecule has 0 radical (unpaired) electrons. The molecule has 0 saturated carbocycles. The highest BCUT2D eigenvalue weighted by molar-refractivity contribution is 6.05. The van der Waals surface area contributed by atoms with Crippen LogP contribution in [0.2, 0.25) is 0 Å². The Morgan fingerprint density at radius 1 is 0.958 bits per heavy atom. The van der Waals surface area contributed by atoms with Gasteiger partial charge < -0.3 is 10.6 Å². The Labute approximate surface area is 135 Å². The topological polar surface area (TPSA) is 54.0 Å². The summed E-state index contributed by atoms with van der Waals surface area (Å²) in [6.07, 6.45) is -2.87. The number of aromatic nitrogens is 1. The highest BCUT2D eigenvalue weighted by Crippen LogP contribution is 2.30. The van der Waals surface area contributed by atoms with Crippen LogP contribution in [-0.2, 0) is 6.18 Å². The summed E-state index contributed by atoms with van der Waals surface area (Å²) in [5.41, 5.74) is 0.291. The highest BCUT2D eigenvalue weighted by atomic mass is 19.4. The summed E-state index contributed by atoms with van der Waals surface area (Å²) in [4.78, 5) is 16.3. The number of para-hydroxylation sites is 1. The van der Waals surface area contributed by atoms with E-state index in [9.17, 15) is 18.0 Å². The minimum atomic E-state index is -4.46. The molecule has 0 aliphatic heterocycles. The molecule has 122 valence electrons. The number of rotatable bonds is 2. The second kappa shape index (κ2) is 6.19. The van der Waals surface area contributed by atoms with Gasteiger partial charge in [-0.15, -0.1) is 0 Å². The van der Waals surface area contributed by atoms with Gasteiger partial charge in [-0.25, -0.2) is 4.79 Å². The van der Waals surface area contributed by atoms with Gasteiger partial charge in [0.25, 0.3) is 0 Å². The Kier molecular flexibility index (Phi) is 4.07. The summed E-state index contributed by atoms with van der Waals surface area (Å²) in [7, 11) is 0. The number of nitrogens with one attached hydrogen (secondary N) is 2. The molecule has 4 nitrogen and oxygen atoms in total. The molecule has 0 spiro atoms. The molecule has 7 heteroatoms. The Morgan fingerprint density at radius 2 is 1.71 bits per heavy atom. The summed E-state index contributed by atoms with van der Waals surface area (Å²) in [6, 6.07) is 12.7. The number of benzene rings is 2. The van der Waals surface area contributed by atoms with Gasteiger partial charge in [0.05, 0.1) is 16.8 Å². The SMILES string of the molecule is O=C(Nc1cccc(C(F)(F)F)c1)Nc1cccc2cccnc12. The lowest BCUT2D eigenvalue weighted by atomic mass is 10.2. The molecule has 0 bridgehead atoms. The van der Waals surface area contributed by atoms with Crippen LogP contribution in [-0.4, -0.2) is 11.0 Å². The molecule has 1 heterocycles. The molecule has 3 rings (SSSR count). The van der Waals surface area contributed by atoms with Gasteiger partial charge in [0, 0.05) is 17.3 Å². The average Bonchev–Trinajstić information content (AvgIpc) is 2.54. The van der Waals surface area contributed by atoms with Crippen LogP contribution in [0.15, 0.2) is 60.8 Å². The van der Waals surface area contributed by atoms with Crippen molar-refractivity contribution in [2.24, 2.45) is 0 Å². The summed E-state index contributed by atoms with van der Waals surface area (Å²) in [6.45, 7) is 0. The van der Waals surface area contributed by atoms with Crippen molar-refractivity contribution in [3.05, 3.63) is 66.4 Å². The number of anilines is 2. The Bertz CT molecular complexity index is 888. The van der Waals surface area contributed by atoms with E-state index in [1.165, 1.54) is 12.1 Å². The molecule has 0 atom stereocenters. The van der Waals surface area contributed by atoms with Crippen molar-refractivity contribution >= 4 is 28.3 Å². The van der Waals surface area contributed by atoms with E-state index in [1.54, 1.807) is 24.4 Å². The third-order valence-corrected chi connectivity index (χ3v) is 3.33. The van der Waals surface area contributed by atoms with Gasteiger partial charge in [-0.1, -0.05) is 24.3 Å². The van der Waals surface area contributed by atoms with Crippen molar-refractivity contribution in [2.45, 2.75) is 6.18 Å². The number of hydrogen-bond donors (Lipinski definition) is 2. The van der Waals surface area contributed by atoms with E-state index in [0.717, 1.165) is 17.5 Å². The lowest BCUT2D eigenvalue weighted by molar-refractivity contribution is -0.137. The van der Waals surface area contributed by atoms with E-state index in [4.69, 9.17) is 0 Å². The quantitative estimate of drug-likeness (QED) is 0.702. The molecule has 2 aromatic carbocycles. The van der Waals surface area contributed by atoms with Gasteiger partial charge in [-0.2, -0.15) is 13.2 Å². The van der Waals surface area contributed by atoms with E-state index in [2.05, 4.69) is 15.6 Å². The van der Waals surface area contributed by atoms with Crippen LogP contribution in [0, 0.1) is 0 Å². The van der Waals surface area contributed by atoms with Crippen LogP contribution < -0.4 is 10.6 Å². The molecular formula is C17H12F3N3O. The van der Waals surface area contributed by atoms with Crippen molar-refractivity contribution in [3.63, 3.8) is 0 Å². The zero-order chi connectivity index (χ0) is 17.2. The predicted octanol–water partition coefficient (Wildman–Crippen LogP) is 4.90. The molecule has 0 fully saturated rings. The van der Waals surface area contributed by atoms with E-state index in [-0.39, 0.29) is 5.69 Å². The second-order valence-corrected chi connectivity index (χ2v) is 5.04. The normalized spacial score (nSPS) is 11.3. The van der Waals surface area contributed by atoms with Crippen LogP contribution >= 0.6 is 0 Å². The van der Waals surface area contributed by atoms with Gasteiger partial charge in [-0.3, -0.25) is 4.98 Å². The van der Waals surface area contributed by atoms with Crippen LogP contribution in [0.4, 0.5) is 29.3 Å². The van der Waals surface area contributed by atoms with Crippen molar-refractivity contribution in [2.75, 3.05) is 10.6 Å². The minimum Gasteiger partial charge on any atom is -0.308 e. The molecule has 2 N–H and O–H groups in total. The molecule has 0 aliphatic rings. The van der Waals surface area contributed by atoms with Gasteiger partial charge in [-0.05, 0) is 30.3 Å². The fraction of sp³-hybridized carbons (Fsp3) is 0.0588. The number of fused-ring (bicyclic) bond motifs is 1. The molecule has 3 aromatic rings. The van der Waals surface area contributed by atoms with Crippen molar-refractivity contribution in [1.82, 2.24) is 4.98 Å². The maximum absolute atomic E-state index is 12.7. The standard InChI is InChI=1S/C17H12F3N3O/c18-17(19,20)12-6-2-7-13(10-12)22-16(24)23-14-8-1-4-11-5-3-9-21-15(11)14/h1-10H,(H2,22,23,24). The number of pyridine rings is 1. The lowest BCUT2D eigenvalue weighted by Crippen LogP contribution is -2.20. The fourth-order valence-electron chi connectivity index (χ4n) is 2.26. The van der Waals surface area contributed by atoms with Crippen molar-refractivity contribution < 1.29 is 18.0 Å². The number of carbonyl (C=O) groups excluding carboxylic acids is 1. The van der Waals surface area contributed by atoms with Gasteiger partial charge in [0.1, 0.15) is 0 Å². The number of urea groups is 1.